The molecule has 1 amide bonds. The first-order chi connectivity index (χ1) is 8.21. The van der Waals surface area contributed by atoms with E-state index in [2.05, 4.69) is 10.6 Å². The summed E-state index contributed by atoms with van der Waals surface area (Å²) < 4.78 is 0. The van der Waals surface area contributed by atoms with E-state index in [0.717, 1.165) is 6.42 Å². The zero-order chi connectivity index (χ0) is 13.9. The Morgan fingerprint density at radius 1 is 1.44 bits per heavy atom. The molecule has 6 heteroatoms. The number of carboxylic acid groups (broad SMARTS) is 1. The van der Waals surface area contributed by atoms with Crippen molar-refractivity contribution in [3.63, 3.8) is 0 Å². The molecule has 104 valence electrons. The standard InChI is InChI=1S/C12H23N3O3/c1-12(2,3)9(13)10(16)15-7-4-5-14-8(6-7)11(17)18/h7-9,14H,4-6,13H2,1-3H3,(H,15,16)(H,17,18). The summed E-state index contributed by atoms with van der Waals surface area (Å²) >= 11 is 0. The van der Waals surface area contributed by atoms with Crippen LogP contribution in [0, 0.1) is 5.41 Å². The molecule has 0 bridgehead atoms. The van der Waals surface area contributed by atoms with Gasteiger partial charge >= 0.3 is 5.97 Å². The Kier molecular flexibility index (Phi) is 4.70. The zero-order valence-corrected chi connectivity index (χ0v) is 11.2. The molecular weight excluding hydrogens is 234 g/mol. The molecule has 3 atom stereocenters. The van der Waals surface area contributed by atoms with Crippen LogP contribution < -0.4 is 16.4 Å². The van der Waals surface area contributed by atoms with Gasteiger partial charge in [0.15, 0.2) is 0 Å². The van der Waals surface area contributed by atoms with Gasteiger partial charge in [0, 0.05) is 6.04 Å². The Bertz CT molecular complexity index is 325. The van der Waals surface area contributed by atoms with Crippen LogP contribution in [-0.2, 0) is 9.59 Å². The van der Waals surface area contributed by atoms with E-state index in [4.69, 9.17) is 10.8 Å². The maximum Gasteiger partial charge on any atom is 0.320 e. The lowest BCUT2D eigenvalue weighted by Gasteiger charge is -2.32. The van der Waals surface area contributed by atoms with Crippen LogP contribution in [0.5, 0.6) is 0 Å². The van der Waals surface area contributed by atoms with Gasteiger partial charge in [0.05, 0.1) is 6.04 Å². The number of hydrogen-bond acceptors (Lipinski definition) is 4. The molecule has 1 heterocycles. The van der Waals surface area contributed by atoms with E-state index in [9.17, 15) is 9.59 Å². The highest BCUT2D eigenvalue weighted by molar-refractivity contribution is 5.82. The number of rotatable bonds is 3. The Balaban J connectivity index is 2.52. The molecule has 1 aliphatic rings. The molecule has 0 aromatic rings. The summed E-state index contributed by atoms with van der Waals surface area (Å²) in [6.45, 7) is 6.30. The van der Waals surface area contributed by atoms with Gasteiger partial charge in [-0.2, -0.15) is 0 Å². The summed E-state index contributed by atoms with van der Waals surface area (Å²) in [7, 11) is 0. The van der Waals surface area contributed by atoms with Gasteiger partial charge in [0.1, 0.15) is 6.04 Å². The lowest BCUT2D eigenvalue weighted by molar-refractivity contribution is -0.140. The first-order valence-corrected chi connectivity index (χ1v) is 6.24. The van der Waals surface area contributed by atoms with Crippen LogP contribution in [0.2, 0.25) is 0 Å². The molecule has 5 N–H and O–H groups in total. The van der Waals surface area contributed by atoms with Crippen molar-refractivity contribution in [3.05, 3.63) is 0 Å². The van der Waals surface area contributed by atoms with E-state index in [1.807, 2.05) is 20.8 Å². The summed E-state index contributed by atoms with van der Waals surface area (Å²) in [4.78, 5) is 22.8. The van der Waals surface area contributed by atoms with Crippen LogP contribution in [0.1, 0.15) is 33.6 Å². The fraction of sp³-hybridized carbons (Fsp3) is 0.833. The van der Waals surface area contributed by atoms with E-state index in [1.54, 1.807) is 0 Å². The second-order valence-corrected chi connectivity index (χ2v) is 5.92. The Labute approximate surface area is 107 Å². The normalized spacial score (nSPS) is 26.4. The highest BCUT2D eigenvalue weighted by Crippen LogP contribution is 2.18. The predicted octanol–water partition coefficient (Wildman–Crippen LogP) is -0.319. The van der Waals surface area contributed by atoms with Gasteiger partial charge in [-0.15, -0.1) is 0 Å². The van der Waals surface area contributed by atoms with E-state index in [1.165, 1.54) is 0 Å². The molecule has 1 rings (SSSR count). The maximum atomic E-state index is 11.9. The Hall–Kier alpha value is -1.14. The van der Waals surface area contributed by atoms with Crippen molar-refractivity contribution in [3.8, 4) is 0 Å². The lowest BCUT2D eigenvalue weighted by Crippen LogP contribution is -2.55. The van der Waals surface area contributed by atoms with Gasteiger partial charge in [0.2, 0.25) is 5.91 Å². The molecule has 0 aromatic heterocycles. The molecule has 0 aliphatic carbocycles. The van der Waals surface area contributed by atoms with E-state index >= 15 is 0 Å². The first kappa shape index (κ1) is 14.9. The maximum absolute atomic E-state index is 11.9. The van der Waals surface area contributed by atoms with Crippen LogP contribution in [0.4, 0.5) is 0 Å². The van der Waals surface area contributed by atoms with Crippen LogP contribution in [0.25, 0.3) is 0 Å². The van der Waals surface area contributed by atoms with Crippen LogP contribution >= 0.6 is 0 Å². The van der Waals surface area contributed by atoms with Crippen molar-refractivity contribution in [1.82, 2.24) is 10.6 Å². The average Bonchev–Trinajstić information content (AvgIpc) is 2.27. The minimum atomic E-state index is -0.880. The van der Waals surface area contributed by atoms with Crippen molar-refractivity contribution in [2.75, 3.05) is 6.54 Å². The molecule has 6 nitrogen and oxygen atoms in total. The monoisotopic (exact) mass is 257 g/mol. The first-order valence-electron chi connectivity index (χ1n) is 6.24. The van der Waals surface area contributed by atoms with Crippen LogP contribution in [0.15, 0.2) is 0 Å². The van der Waals surface area contributed by atoms with E-state index in [0.29, 0.717) is 13.0 Å². The van der Waals surface area contributed by atoms with Gasteiger partial charge in [-0.1, -0.05) is 20.8 Å². The van der Waals surface area contributed by atoms with Crippen LogP contribution in [-0.4, -0.2) is 41.7 Å². The SMILES string of the molecule is CC(C)(C)C(N)C(=O)NC1CCNC(C(=O)O)C1. The highest BCUT2D eigenvalue weighted by Gasteiger charge is 2.31. The van der Waals surface area contributed by atoms with Gasteiger partial charge in [-0.05, 0) is 24.8 Å². The summed E-state index contributed by atoms with van der Waals surface area (Å²) in [5, 5.41) is 14.7. The molecule has 0 aromatic carbocycles. The molecule has 1 saturated heterocycles. The summed E-state index contributed by atoms with van der Waals surface area (Å²) in [6, 6.07) is -1.29. The molecule has 3 unspecified atom stereocenters. The van der Waals surface area contributed by atoms with Gasteiger partial charge in [-0.25, -0.2) is 0 Å². The number of carbonyl (C=O) groups excluding carboxylic acids is 1. The molecule has 0 spiro atoms. The number of hydrogen-bond donors (Lipinski definition) is 4. The largest absolute Gasteiger partial charge is 0.480 e. The number of nitrogens with one attached hydrogen (secondary N) is 2. The third kappa shape index (κ3) is 3.96. The quantitative estimate of drug-likeness (QED) is 0.555. The van der Waals surface area contributed by atoms with Crippen molar-refractivity contribution in [2.24, 2.45) is 11.1 Å². The predicted molar refractivity (Wildman–Crippen MR) is 68.0 cm³/mol. The number of carboxylic acids is 1. The lowest BCUT2D eigenvalue weighted by atomic mass is 9.86. The van der Waals surface area contributed by atoms with E-state index in [-0.39, 0.29) is 17.4 Å². The van der Waals surface area contributed by atoms with Gasteiger partial charge in [-0.3, -0.25) is 9.59 Å². The summed E-state index contributed by atoms with van der Waals surface area (Å²) in [5.41, 5.74) is 5.56. The van der Waals surface area contributed by atoms with Gasteiger partial charge < -0.3 is 21.5 Å². The van der Waals surface area contributed by atoms with Crippen molar-refractivity contribution < 1.29 is 14.7 Å². The summed E-state index contributed by atoms with van der Waals surface area (Å²) in [5.74, 6) is -1.09. The van der Waals surface area contributed by atoms with Gasteiger partial charge in [0.25, 0.3) is 0 Å². The number of aliphatic carboxylic acids is 1. The zero-order valence-electron chi connectivity index (χ0n) is 11.2. The number of nitrogens with two attached hydrogens (primary N) is 1. The number of amides is 1. The Morgan fingerprint density at radius 2 is 2.06 bits per heavy atom. The minimum Gasteiger partial charge on any atom is -0.480 e. The van der Waals surface area contributed by atoms with Crippen molar-refractivity contribution in [1.29, 1.82) is 0 Å². The number of piperidine rings is 1. The smallest absolute Gasteiger partial charge is 0.320 e. The third-order valence-corrected chi connectivity index (χ3v) is 3.26. The molecule has 1 aliphatic heterocycles. The molecule has 0 saturated carbocycles. The van der Waals surface area contributed by atoms with E-state index < -0.39 is 18.1 Å². The second kappa shape index (κ2) is 5.67. The van der Waals surface area contributed by atoms with Crippen molar-refractivity contribution >= 4 is 11.9 Å². The average molecular weight is 257 g/mol. The van der Waals surface area contributed by atoms with Crippen molar-refractivity contribution in [2.45, 2.75) is 51.7 Å². The topological polar surface area (TPSA) is 104 Å². The molecular formula is C12H23N3O3. The third-order valence-electron chi connectivity index (χ3n) is 3.26. The fourth-order valence-electron chi connectivity index (χ4n) is 1.92. The molecule has 1 fully saturated rings. The highest BCUT2D eigenvalue weighted by atomic mass is 16.4. The Morgan fingerprint density at radius 3 is 2.56 bits per heavy atom. The molecule has 18 heavy (non-hydrogen) atoms. The molecule has 0 radical (unpaired) electrons. The fourth-order valence-corrected chi connectivity index (χ4v) is 1.92. The van der Waals surface area contributed by atoms with Crippen LogP contribution in [0.3, 0.4) is 0 Å². The second-order valence-electron chi connectivity index (χ2n) is 5.92. The summed E-state index contributed by atoms with van der Waals surface area (Å²) in [6.07, 6.45) is 1.13. The number of carbonyl (C=O) groups is 2. The minimum absolute atomic E-state index is 0.117.